The zero-order valence-electron chi connectivity index (χ0n) is 18.5. The van der Waals surface area contributed by atoms with E-state index in [0.717, 1.165) is 33.2 Å². The van der Waals surface area contributed by atoms with E-state index in [2.05, 4.69) is 21.2 Å². The van der Waals surface area contributed by atoms with E-state index in [1.54, 1.807) is 18.3 Å². The van der Waals surface area contributed by atoms with Crippen LogP contribution in [-0.4, -0.2) is 21.6 Å². The van der Waals surface area contributed by atoms with Gasteiger partial charge in [-0.3, -0.25) is 14.9 Å². The Morgan fingerprint density at radius 3 is 2.58 bits per heavy atom. The first-order valence-electron chi connectivity index (χ1n) is 10.6. The number of nitro benzene ring substituents is 1. The number of aromatic nitrogens is 1. The number of non-ortho nitro benzene ring substituents is 1. The van der Waals surface area contributed by atoms with Crippen molar-refractivity contribution < 1.29 is 9.72 Å². The summed E-state index contributed by atoms with van der Waals surface area (Å²) in [5.41, 5.74) is 8.76. The van der Waals surface area contributed by atoms with Crippen molar-refractivity contribution in [2.45, 2.75) is 26.8 Å². The van der Waals surface area contributed by atoms with Crippen LogP contribution < -0.4 is 5.43 Å². The number of hydrazone groups is 1. The third-order valence-electron chi connectivity index (χ3n) is 5.56. The van der Waals surface area contributed by atoms with Crippen LogP contribution in [0.4, 0.5) is 5.69 Å². The number of aryl methyl sites for hydroxylation is 2. The molecule has 1 amide bonds. The molecule has 0 saturated heterocycles. The molecule has 0 aliphatic rings. The zero-order chi connectivity index (χ0) is 23.4. The minimum Gasteiger partial charge on any atom is -0.342 e. The number of nitro groups is 1. The van der Waals surface area contributed by atoms with Crippen molar-refractivity contribution in [3.05, 3.63) is 111 Å². The Balaban J connectivity index is 1.49. The number of hydrogen-bond donors (Lipinski definition) is 1. The number of fused-ring (bicyclic) bond motifs is 1. The molecule has 0 spiro atoms. The summed E-state index contributed by atoms with van der Waals surface area (Å²) < 4.78 is 2.06. The molecule has 1 N–H and O–H groups in total. The second-order valence-corrected chi connectivity index (χ2v) is 8.05. The molecular formula is C26H24N4O3. The average molecular weight is 441 g/mol. The van der Waals surface area contributed by atoms with E-state index in [1.165, 1.54) is 17.7 Å². The highest BCUT2D eigenvalue weighted by atomic mass is 16.6. The van der Waals surface area contributed by atoms with Gasteiger partial charge in [0.15, 0.2) is 0 Å². The number of hydrogen-bond acceptors (Lipinski definition) is 4. The molecule has 0 radical (unpaired) electrons. The topological polar surface area (TPSA) is 89.5 Å². The van der Waals surface area contributed by atoms with Gasteiger partial charge in [0, 0.05) is 41.3 Å². The molecule has 0 aliphatic heterocycles. The van der Waals surface area contributed by atoms with Crippen LogP contribution in [-0.2, 0) is 17.8 Å². The zero-order valence-corrected chi connectivity index (χ0v) is 18.5. The second kappa shape index (κ2) is 9.48. The molecule has 166 valence electrons. The molecule has 33 heavy (non-hydrogen) atoms. The van der Waals surface area contributed by atoms with Crippen molar-refractivity contribution in [2.75, 3.05) is 0 Å². The Kier molecular flexibility index (Phi) is 6.31. The van der Waals surface area contributed by atoms with E-state index in [0.29, 0.717) is 6.54 Å². The van der Waals surface area contributed by atoms with Crippen LogP contribution in [0.15, 0.2) is 78.0 Å². The molecule has 4 rings (SSSR count). The second-order valence-electron chi connectivity index (χ2n) is 8.05. The average Bonchev–Trinajstić information content (AvgIpc) is 3.13. The molecule has 0 aliphatic carbocycles. The third kappa shape index (κ3) is 5.15. The lowest BCUT2D eigenvalue weighted by Crippen LogP contribution is -2.20. The third-order valence-corrected chi connectivity index (χ3v) is 5.56. The van der Waals surface area contributed by atoms with Gasteiger partial charge in [-0.25, -0.2) is 5.43 Å². The fraction of sp³-hybridized carbons (Fsp3) is 0.154. The minimum absolute atomic E-state index is 0.0699. The van der Waals surface area contributed by atoms with Gasteiger partial charge in [-0.1, -0.05) is 54.1 Å². The fourth-order valence-electron chi connectivity index (χ4n) is 3.86. The van der Waals surface area contributed by atoms with Gasteiger partial charge < -0.3 is 4.57 Å². The van der Waals surface area contributed by atoms with Gasteiger partial charge in [-0.15, -0.1) is 0 Å². The molecule has 7 heteroatoms. The quantitative estimate of drug-likeness (QED) is 0.252. The number of para-hydroxylation sites is 1. The van der Waals surface area contributed by atoms with E-state index >= 15 is 0 Å². The van der Waals surface area contributed by atoms with E-state index in [-0.39, 0.29) is 18.0 Å². The maximum absolute atomic E-state index is 12.3. The van der Waals surface area contributed by atoms with Crippen LogP contribution in [0.3, 0.4) is 0 Å². The van der Waals surface area contributed by atoms with Gasteiger partial charge in [-0.2, -0.15) is 5.10 Å². The summed E-state index contributed by atoms with van der Waals surface area (Å²) in [6.07, 6.45) is 3.88. The highest BCUT2D eigenvalue weighted by Crippen LogP contribution is 2.22. The van der Waals surface area contributed by atoms with Crippen LogP contribution in [0.1, 0.15) is 27.8 Å². The molecule has 7 nitrogen and oxygen atoms in total. The maximum atomic E-state index is 12.3. The van der Waals surface area contributed by atoms with Crippen LogP contribution in [0, 0.1) is 24.0 Å². The van der Waals surface area contributed by atoms with Gasteiger partial charge in [-0.05, 0) is 36.6 Å². The van der Waals surface area contributed by atoms with Crippen molar-refractivity contribution in [1.82, 2.24) is 9.99 Å². The molecule has 3 aromatic carbocycles. The van der Waals surface area contributed by atoms with Crippen molar-refractivity contribution >= 4 is 28.7 Å². The number of carbonyl (C=O) groups excluding carboxylic acids is 1. The predicted octanol–water partition coefficient (Wildman–Crippen LogP) is 4.91. The van der Waals surface area contributed by atoms with Crippen LogP contribution in [0.2, 0.25) is 0 Å². The van der Waals surface area contributed by atoms with Crippen LogP contribution in [0.25, 0.3) is 10.9 Å². The molecule has 1 heterocycles. The van der Waals surface area contributed by atoms with Gasteiger partial charge in [0.2, 0.25) is 5.91 Å². The lowest BCUT2D eigenvalue weighted by molar-refractivity contribution is -0.384. The van der Waals surface area contributed by atoms with Gasteiger partial charge in [0.1, 0.15) is 0 Å². The predicted molar refractivity (Wildman–Crippen MR) is 129 cm³/mol. The summed E-state index contributed by atoms with van der Waals surface area (Å²) in [5.74, 6) is -0.173. The molecular weight excluding hydrogens is 416 g/mol. The van der Waals surface area contributed by atoms with Crippen molar-refractivity contribution in [2.24, 2.45) is 5.10 Å². The summed E-state index contributed by atoms with van der Waals surface area (Å²) in [4.78, 5) is 22.8. The Morgan fingerprint density at radius 2 is 1.85 bits per heavy atom. The molecule has 4 aromatic rings. The minimum atomic E-state index is -0.405. The number of carbonyl (C=O) groups is 1. The summed E-state index contributed by atoms with van der Waals surface area (Å²) in [5, 5.41) is 16.1. The molecule has 0 fully saturated rings. The summed E-state index contributed by atoms with van der Waals surface area (Å²) >= 11 is 0. The summed E-state index contributed by atoms with van der Waals surface area (Å²) in [7, 11) is 0. The molecule has 1 aromatic heterocycles. The molecule has 0 saturated carbocycles. The lowest BCUT2D eigenvalue weighted by Gasteiger charge is -2.05. The first kappa shape index (κ1) is 22.0. The summed E-state index contributed by atoms with van der Waals surface area (Å²) in [6.45, 7) is 4.59. The highest BCUT2D eigenvalue weighted by Gasteiger charge is 2.10. The smallest absolute Gasteiger partial charge is 0.269 e. The Labute approximate surface area is 191 Å². The number of benzene rings is 3. The van der Waals surface area contributed by atoms with Crippen molar-refractivity contribution in [3.8, 4) is 0 Å². The molecule has 0 atom stereocenters. The van der Waals surface area contributed by atoms with E-state index in [4.69, 9.17) is 0 Å². The summed E-state index contributed by atoms with van der Waals surface area (Å²) in [6, 6.07) is 20.5. The van der Waals surface area contributed by atoms with E-state index in [9.17, 15) is 14.9 Å². The first-order valence-corrected chi connectivity index (χ1v) is 10.6. The fourth-order valence-corrected chi connectivity index (χ4v) is 3.86. The van der Waals surface area contributed by atoms with E-state index in [1.807, 2.05) is 56.4 Å². The number of nitrogens with zero attached hydrogens (tertiary/aromatic N) is 3. The monoisotopic (exact) mass is 440 g/mol. The van der Waals surface area contributed by atoms with Crippen molar-refractivity contribution in [1.29, 1.82) is 0 Å². The number of rotatable bonds is 7. The highest BCUT2D eigenvalue weighted by molar-refractivity contribution is 5.99. The standard InChI is InChI=1S/C26H24N4O3/c1-18-7-10-21(19(2)13-18)14-26(31)28-27-15-22-17-29(25-6-4-3-5-24(22)25)16-20-8-11-23(12-9-20)30(32)33/h3-13,15,17H,14,16H2,1-2H3,(H,28,31)/b27-15+. The lowest BCUT2D eigenvalue weighted by atomic mass is 10.0. The van der Waals surface area contributed by atoms with Crippen LogP contribution in [0.5, 0.6) is 0 Å². The van der Waals surface area contributed by atoms with Crippen molar-refractivity contribution in [3.63, 3.8) is 0 Å². The largest absolute Gasteiger partial charge is 0.342 e. The van der Waals surface area contributed by atoms with Crippen LogP contribution >= 0.6 is 0 Å². The number of nitrogens with one attached hydrogen (secondary N) is 1. The maximum Gasteiger partial charge on any atom is 0.269 e. The molecule has 0 unspecified atom stereocenters. The number of amides is 1. The SMILES string of the molecule is Cc1ccc(CC(=O)N/N=C/c2cn(Cc3ccc([N+](=O)[O-])cc3)c3ccccc23)c(C)c1. The van der Waals surface area contributed by atoms with E-state index < -0.39 is 4.92 Å². The molecule has 0 bridgehead atoms. The normalized spacial score (nSPS) is 11.2. The first-order chi connectivity index (χ1) is 15.9. The van der Waals surface area contributed by atoms with Gasteiger partial charge >= 0.3 is 0 Å². The Bertz CT molecular complexity index is 1350. The Morgan fingerprint density at radius 1 is 1.09 bits per heavy atom. The van der Waals surface area contributed by atoms with Gasteiger partial charge in [0.05, 0.1) is 17.6 Å². The van der Waals surface area contributed by atoms with Gasteiger partial charge in [0.25, 0.3) is 5.69 Å². The Hall–Kier alpha value is -4.26.